The van der Waals surface area contributed by atoms with Gasteiger partial charge in [0, 0.05) is 11.5 Å². The first-order valence-corrected chi connectivity index (χ1v) is 7.96. The van der Waals surface area contributed by atoms with Gasteiger partial charge in [-0.2, -0.15) is 0 Å². The summed E-state index contributed by atoms with van der Waals surface area (Å²) in [6.45, 7) is 6.66. The fourth-order valence-corrected chi connectivity index (χ4v) is 3.49. The molecule has 5 nitrogen and oxygen atoms in total. The van der Waals surface area contributed by atoms with E-state index in [1.54, 1.807) is 0 Å². The zero-order valence-corrected chi connectivity index (χ0v) is 13.0. The van der Waals surface area contributed by atoms with Gasteiger partial charge < -0.3 is 20.7 Å². The van der Waals surface area contributed by atoms with Crippen LogP contribution in [-0.2, 0) is 0 Å². The molecule has 1 atom stereocenters. The summed E-state index contributed by atoms with van der Waals surface area (Å²) in [7, 11) is 2.26. The number of likely N-dealkylation sites (tertiary alicyclic amines) is 2. The van der Waals surface area contributed by atoms with Crippen LogP contribution < -0.4 is 5.73 Å². The molecule has 5 heteroatoms. The van der Waals surface area contributed by atoms with Gasteiger partial charge in [0.1, 0.15) is 5.84 Å². The summed E-state index contributed by atoms with van der Waals surface area (Å²) in [5.41, 5.74) is 5.69. The Morgan fingerprint density at radius 1 is 1.30 bits per heavy atom. The molecule has 2 fully saturated rings. The molecule has 1 unspecified atom stereocenters. The second-order valence-corrected chi connectivity index (χ2v) is 6.81. The SMILES string of the molecule is CN1CCCCC1CCN1CCC(C)(C(N)=NO)CC1. The number of oxime groups is 1. The molecule has 0 amide bonds. The van der Waals surface area contributed by atoms with Gasteiger partial charge in [0.2, 0.25) is 0 Å². The number of nitrogens with zero attached hydrogens (tertiary/aromatic N) is 3. The minimum absolute atomic E-state index is 0.118. The van der Waals surface area contributed by atoms with Crippen molar-refractivity contribution >= 4 is 5.84 Å². The van der Waals surface area contributed by atoms with Crippen molar-refractivity contribution in [3.8, 4) is 0 Å². The molecule has 0 bridgehead atoms. The lowest BCUT2D eigenvalue weighted by Crippen LogP contribution is -2.47. The number of hydrogen-bond donors (Lipinski definition) is 2. The topological polar surface area (TPSA) is 65.1 Å². The average Bonchev–Trinajstić information content (AvgIpc) is 2.47. The van der Waals surface area contributed by atoms with Gasteiger partial charge in [-0.25, -0.2) is 0 Å². The Balaban J connectivity index is 1.74. The third-order valence-electron chi connectivity index (χ3n) is 5.39. The molecule has 116 valence electrons. The smallest absolute Gasteiger partial charge is 0.145 e. The van der Waals surface area contributed by atoms with Crippen LogP contribution in [0, 0.1) is 5.41 Å². The first kappa shape index (κ1) is 15.6. The van der Waals surface area contributed by atoms with E-state index >= 15 is 0 Å². The van der Waals surface area contributed by atoms with Gasteiger partial charge in [-0.1, -0.05) is 18.5 Å². The third kappa shape index (κ3) is 3.64. The molecule has 0 spiro atoms. The summed E-state index contributed by atoms with van der Waals surface area (Å²) in [4.78, 5) is 5.06. The minimum atomic E-state index is -0.118. The van der Waals surface area contributed by atoms with E-state index in [9.17, 15) is 0 Å². The van der Waals surface area contributed by atoms with Gasteiger partial charge in [-0.3, -0.25) is 0 Å². The summed E-state index contributed by atoms with van der Waals surface area (Å²) >= 11 is 0. The number of amidine groups is 1. The van der Waals surface area contributed by atoms with Crippen molar-refractivity contribution in [1.82, 2.24) is 9.80 Å². The molecule has 0 saturated carbocycles. The number of rotatable bonds is 4. The molecule has 2 aliphatic rings. The quantitative estimate of drug-likeness (QED) is 0.356. The van der Waals surface area contributed by atoms with E-state index in [0.29, 0.717) is 5.84 Å². The fraction of sp³-hybridized carbons (Fsp3) is 0.933. The second-order valence-electron chi connectivity index (χ2n) is 6.81. The molecule has 2 aliphatic heterocycles. The van der Waals surface area contributed by atoms with E-state index in [1.165, 1.54) is 38.8 Å². The summed E-state index contributed by atoms with van der Waals surface area (Å²) in [5.74, 6) is 0.393. The van der Waals surface area contributed by atoms with Crippen LogP contribution in [0.4, 0.5) is 0 Å². The maximum Gasteiger partial charge on any atom is 0.145 e. The fourth-order valence-electron chi connectivity index (χ4n) is 3.49. The maximum atomic E-state index is 8.86. The van der Waals surface area contributed by atoms with Crippen molar-refractivity contribution in [3.05, 3.63) is 0 Å². The molecule has 0 radical (unpaired) electrons. The van der Waals surface area contributed by atoms with Crippen molar-refractivity contribution in [3.63, 3.8) is 0 Å². The molecule has 20 heavy (non-hydrogen) atoms. The van der Waals surface area contributed by atoms with E-state index in [2.05, 4.69) is 28.9 Å². The molecule has 0 aromatic carbocycles. The zero-order valence-electron chi connectivity index (χ0n) is 13.0. The van der Waals surface area contributed by atoms with Crippen LogP contribution in [0.1, 0.15) is 45.4 Å². The first-order chi connectivity index (χ1) is 9.55. The van der Waals surface area contributed by atoms with Gasteiger partial charge in [-0.15, -0.1) is 0 Å². The van der Waals surface area contributed by atoms with Crippen LogP contribution in [0.3, 0.4) is 0 Å². The van der Waals surface area contributed by atoms with Crippen molar-refractivity contribution in [2.45, 2.75) is 51.5 Å². The molecule has 0 aliphatic carbocycles. The summed E-state index contributed by atoms with van der Waals surface area (Å²) in [5, 5.41) is 12.1. The van der Waals surface area contributed by atoms with E-state index in [4.69, 9.17) is 10.9 Å². The van der Waals surface area contributed by atoms with Gasteiger partial charge in [0.25, 0.3) is 0 Å². The van der Waals surface area contributed by atoms with Crippen molar-refractivity contribution < 1.29 is 5.21 Å². The lowest BCUT2D eigenvalue weighted by Gasteiger charge is -2.40. The third-order valence-corrected chi connectivity index (χ3v) is 5.39. The highest BCUT2D eigenvalue weighted by atomic mass is 16.4. The van der Waals surface area contributed by atoms with Gasteiger partial charge in [0.15, 0.2) is 0 Å². The first-order valence-electron chi connectivity index (χ1n) is 7.96. The summed E-state index contributed by atoms with van der Waals surface area (Å²) in [6.07, 6.45) is 7.35. The summed E-state index contributed by atoms with van der Waals surface area (Å²) in [6, 6.07) is 0.765. The Kier molecular flexibility index (Phi) is 5.27. The second kappa shape index (κ2) is 6.76. The minimum Gasteiger partial charge on any atom is -0.409 e. The van der Waals surface area contributed by atoms with Gasteiger partial charge in [-0.05, 0) is 65.3 Å². The van der Waals surface area contributed by atoms with Crippen molar-refractivity contribution in [2.75, 3.05) is 33.2 Å². The van der Waals surface area contributed by atoms with E-state index in [0.717, 1.165) is 32.0 Å². The highest BCUT2D eigenvalue weighted by Crippen LogP contribution is 2.31. The van der Waals surface area contributed by atoms with Crippen LogP contribution in [0.15, 0.2) is 5.16 Å². The molecular weight excluding hydrogens is 252 g/mol. The van der Waals surface area contributed by atoms with E-state index in [1.807, 2.05) is 0 Å². The Bertz CT molecular complexity index is 337. The predicted molar refractivity (Wildman–Crippen MR) is 82.1 cm³/mol. The monoisotopic (exact) mass is 282 g/mol. The molecule has 2 heterocycles. The largest absolute Gasteiger partial charge is 0.409 e. The standard InChI is InChI=1S/C15H30N4O/c1-15(14(16)17-20)7-11-19(12-8-15)10-6-13-5-3-4-9-18(13)2/h13,20H,3-12H2,1-2H3,(H2,16,17). The van der Waals surface area contributed by atoms with Gasteiger partial charge >= 0.3 is 0 Å². The zero-order chi connectivity index (χ0) is 14.6. The molecule has 2 rings (SSSR count). The highest BCUT2D eigenvalue weighted by molar-refractivity contribution is 5.85. The van der Waals surface area contributed by atoms with E-state index < -0.39 is 0 Å². The van der Waals surface area contributed by atoms with Gasteiger partial charge in [0.05, 0.1) is 0 Å². The molecule has 0 aromatic heterocycles. The maximum absolute atomic E-state index is 8.86. The van der Waals surface area contributed by atoms with Crippen LogP contribution >= 0.6 is 0 Å². The Labute approximate surface area is 122 Å². The molecule has 0 aromatic rings. The average molecular weight is 282 g/mol. The van der Waals surface area contributed by atoms with Crippen LogP contribution in [0.25, 0.3) is 0 Å². The highest BCUT2D eigenvalue weighted by Gasteiger charge is 2.34. The van der Waals surface area contributed by atoms with Crippen molar-refractivity contribution in [2.24, 2.45) is 16.3 Å². The normalized spacial score (nSPS) is 29.5. The Hall–Kier alpha value is -0.810. The Morgan fingerprint density at radius 2 is 2.00 bits per heavy atom. The predicted octanol–water partition coefficient (Wildman–Crippen LogP) is 1.71. The molecule has 2 saturated heterocycles. The lowest BCUT2D eigenvalue weighted by atomic mass is 9.79. The Morgan fingerprint density at radius 3 is 2.60 bits per heavy atom. The summed E-state index contributed by atoms with van der Waals surface area (Å²) < 4.78 is 0. The lowest BCUT2D eigenvalue weighted by molar-refractivity contribution is 0.123. The van der Waals surface area contributed by atoms with Crippen LogP contribution in [0.5, 0.6) is 0 Å². The number of piperidine rings is 2. The number of hydrogen-bond acceptors (Lipinski definition) is 4. The van der Waals surface area contributed by atoms with Crippen molar-refractivity contribution in [1.29, 1.82) is 0 Å². The van der Waals surface area contributed by atoms with Crippen LogP contribution in [-0.4, -0.2) is 60.1 Å². The number of nitrogens with two attached hydrogens (primary N) is 1. The molecular formula is C15H30N4O. The van der Waals surface area contributed by atoms with E-state index in [-0.39, 0.29) is 5.41 Å². The molecule has 3 N–H and O–H groups in total. The van der Waals surface area contributed by atoms with Crippen LogP contribution in [0.2, 0.25) is 0 Å².